The topological polar surface area (TPSA) is 38.7 Å². The summed E-state index contributed by atoms with van der Waals surface area (Å²) in [6, 6.07) is 79.2. The summed E-state index contributed by atoms with van der Waals surface area (Å²) in [7, 11) is 0. The molecule has 2 aromatic heterocycles. The Hall–Kier alpha value is -8.01. The summed E-state index contributed by atoms with van der Waals surface area (Å²) in [6.07, 6.45) is 0. The molecule has 0 unspecified atom stereocenters. The largest absolute Gasteiger partial charge is 0.247 e. The number of hydrogen-bond acceptors (Lipinski definition) is 3. The first kappa shape index (κ1) is 35.2. The lowest BCUT2D eigenvalue weighted by Crippen LogP contribution is -1.96. The zero-order valence-corrected chi connectivity index (χ0v) is 32.7. The van der Waals surface area contributed by atoms with Crippen molar-refractivity contribution in [2.75, 3.05) is 0 Å². The first-order valence-corrected chi connectivity index (χ1v) is 20.3. The Morgan fingerprint density at radius 3 is 1.35 bits per heavy atom. The molecule has 0 amide bonds. The van der Waals surface area contributed by atoms with E-state index in [1.54, 1.807) is 0 Å². The molecule has 3 nitrogen and oxygen atoms in total. The highest BCUT2D eigenvalue weighted by Gasteiger charge is 2.16. The van der Waals surface area contributed by atoms with Gasteiger partial charge in [-0.15, -0.1) is 0 Å². The van der Waals surface area contributed by atoms with E-state index in [1.165, 1.54) is 38.4 Å². The molecule has 2 heterocycles. The van der Waals surface area contributed by atoms with Crippen LogP contribution < -0.4 is 0 Å². The lowest BCUT2D eigenvalue weighted by molar-refractivity contribution is 1.18. The van der Waals surface area contributed by atoms with Crippen LogP contribution in [-0.2, 0) is 0 Å². The SMILES string of the molecule is c1ccc(-c2ccc(-c3cc(-c4ccc(-c5ccccc5)cc4)nc(-c4cccc(-c5cccc(-c6nc7ccccc7c7c6ccc6ccccc67)c5)c4)n3)cc2)cc1. The van der Waals surface area contributed by atoms with Gasteiger partial charge in [0, 0.05) is 38.4 Å². The molecule has 11 rings (SSSR count). The number of aromatic nitrogens is 3. The summed E-state index contributed by atoms with van der Waals surface area (Å²) in [4.78, 5) is 15.7. The maximum absolute atomic E-state index is 5.28. The van der Waals surface area contributed by atoms with Crippen molar-refractivity contribution in [3.63, 3.8) is 0 Å². The fourth-order valence-electron chi connectivity index (χ4n) is 8.43. The highest BCUT2D eigenvalue weighted by atomic mass is 14.9. The van der Waals surface area contributed by atoms with Gasteiger partial charge >= 0.3 is 0 Å². The summed E-state index contributed by atoms with van der Waals surface area (Å²) in [6.45, 7) is 0. The first-order chi connectivity index (χ1) is 29.7. The van der Waals surface area contributed by atoms with E-state index in [0.717, 1.165) is 66.8 Å². The Balaban J connectivity index is 1.01. The highest BCUT2D eigenvalue weighted by molar-refractivity contribution is 6.22. The Bertz CT molecular complexity index is 3220. The summed E-state index contributed by atoms with van der Waals surface area (Å²) < 4.78 is 0. The molecule has 3 heteroatoms. The molecule has 9 aromatic carbocycles. The van der Waals surface area contributed by atoms with Gasteiger partial charge in [0.15, 0.2) is 5.82 Å². The molecule has 0 radical (unpaired) electrons. The van der Waals surface area contributed by atoms with E-state index in [9.17, 15) is 0 Å². The molecule has 11 aromatic rings. The van der Waals surface area contributed by atoms with Crippen LogP contribution in [-0.4, -0.2) is 15.0 Å². The Morgan fingerprint density at radius 2 is 0.717 bits per heavy atom. The molecule has 60 heavy (non-hydrogen) atoms. The molecule has 280 valence electrons. The van der Waals surface area contributed by atoms with Crippen molar-refractivity contribution in [2.24, 2.45) is 0 Å². The zero-order chi connectivity index (χ0) is 39.8. The molecule has 0 bridgehead atoms. The smallest absolute Gasteiger partial charge is 0.160 e. The van der Waals surface area contributed by atoms with E-state index in [2.05, 4.69) is 212 Å². The molecule has 0 fully saturated rings. The van der Waals surface area contributed by atoms with E-state index in [0.29, 0.717) is 5.82 Å². The Morgan fingerprint density at radius 1 is 0.250 bits per heavy atom. The minimum Gasteiger partial charge on any atom is -0.247 e. The maximum Gasteiger partial charge on any atom is 0.160 e. The van der Waals surface area contributed by atoms with Crippen LogP contribution in [0.25, 0.3) is 111 Å². The fourth-order valence-corrected chi connectivity index (χ4v) is 8.43. The van der Waals surface area contributed by atoms with Crippen molar-refractivity contribution >= 4 is 32.4 Å². The van der Waals surface area contributed by atoms with Crippen molar-refractivity contribution in [1.82, 2.24) is 15.0 Å². The Labute approximate surface area is 349 Å². The second kappa shape index (κ2) is 15.1. The van der Waals surface area contributed by atoms with Crippen LogP contribution in [0.4, 0.5) is 0 Å². The van der Waals surface area contributed by atoms with Gasteiger partial charge < -0.3 is 0 Å². The van der Waals surface area contributed by atoms with Crippen LogP contribution >= 0.6 is 0 Å². The molecular weight excluding hydrogens is 727 g/mol. The van der Waals surface area contributed by atoms with Crippen LogP contribution in [0.2, 0.25) is 0 Å². The van der Waals surface area contributed by atoms with E-state index in [-0.39, 0.29) is 0 Å². The standard InChI is InChI=1S/C57H37N3/c1-3-13-38(14-4-1)40-25-29-43(30-26-40)53-37-54(44-31-27-41(28-32-44)39-15-5-2-6-16-39)60-57(59-53)48-21-12-19-46(36-48)45-18-11-20-47(35-45)56-51-34-33-42-17-7-8-22-49(42)55(51)50-23-9-10-24-52(50)58-56/h1-37H. The average molecular weight is 764 g/mol. The van der Waals surface area contributed by atoms with Crippen molar-refractivity contribution < 1.29 is 0 Å². The van der Waals surface area contributed by atoms with Gasteiger partial charge in [-0.1, -0.05) is 200 Å². The van der Waals surface area contributed by atoms with E-state index in [4.69, 9.17) is 15.0 Å². The molecule has 0 saturated heterocycles. The summed E-state index contributed by atoms with van der Waals surface area (Å²) >= 11 is 0. The number of benzene rings is 9. The van der Waals surface area contributed by atoms with Gasteiger partial charge in [-0.2, -0.15) is 0 Å². The van der Waals surface area contributed by atoms with Crippen molar-refractivity contribution in [3.8, 4) is 78.5 Å². The number of fused-ring (bicyclic) bond motifs is 5. The second-order valence-electron chi connectivity index (χ2n) is 15.2. The van der Waals surface area contributed by atoms with Gasteiger partial charge in [-0.3, -0.25) is 0 Å². The van der Waals surface area contributed by atoms with Gasteiger partial charge in [0.05, 0.1) is 22.6 Å². The van der Waals surface area contributed by atoms with Crippen LogP contribution in [0, 0.1) is 0 Å². The first-order valence-electron chi connectivity index (χ1n) is 20.3. The van der Waals surface area contributed by atoms with Crippen LogP contribution in [0.15, 0.2) is 224 Å². The quantitative estimate of drug-likeness (QED) is 0.152. The third-order valence-corrected chi connectivity index (χ3v) is 11.5. The van der Waals surface area contributed by atoms with Gasteiger partial charge in [-0.25, -0.2) is 15.0 Å². The molecular formula is C57H37N3. The number of pyridine rings is 1. The van der Waals surface area contributed by atoms with E-state index < -0.39 is 0 Å². The third-order valence-electron chi connectivity index (χ3n) is 11.5. The normalized spacial score (nSPS) is 11.3. The van der Waals surface area contributed by atoms with Gasteiger partial charge in [-0.05, 0) is 68.4 Å². The number of nitrogens with zero attached hydrogens (tertiary/aromatic N) is 3. The fraction of sp³-hybridized carbons (Fsp3) is 0. The van der Waals surface area contributed by atoms with Crippen molar-refractivity contribution in [3.05, 3.63) is 224 Å². The predicted molar refractivity (Wildman–Crippen MR) is 250 cm³/mol. The van der Waals surface area contributed by atoms with E-state index >= 15 is 0 Å². The third kappa shape index (κ3) is 6.58. The maximum atomic E-state index is 5.28. The number of para-hydroxylation sites is 1. The number of rotatable bonds is 7. The lowest BCUT2D eigenvalue weighted by Gasteiger charge is -2.14. The summed E-state index contributed by atoms with van der Waals surface area (Å²) in [5.41, 5.74) is 14.7. The monoisotopic (exact) mass is 763 g/mol. The average Bonchev–Trinajstić information content (AvgIpc) is 3.34. The predicted octanol–water partition coefficient (Wildman–Crippen LogP) is 15.0. The minimum absolute atomic E-state index is 0.675. The van der Waals surface area contributed by atoms with Gasteiger partial charge in [0.25, 0.3) is 0 Å². The van der Waals surface area contributed by atoms with Crippen LogP contribution in [0.5, 0.6) is 0 Å². The number of hydrogen-bond donors (Lipinski definition) is 0. The molecule has 0 spiro atoms. The highest BCUT2D eigenvalue weighted by Crippen LogP contribution is 2.39. The lowest BCUT2D eigenvalue weighted by atomic mass is 9.94. The molecule has 0 aliphatic rings. The molecule has 0 saturated carbocycles. The molecule has 0 aliphatic heterocycles. The summed E-state index contributed by atoms with van der Waals surface area (Å²) in [5.74, 6) is 0.675. The minimum atomic E-state index is 0.675. The van der Waals surface area contributed by atoms with E-state index in [1.807, 2.05) is 12.1 Å². The zero-order valence-electron chi connectivity index (χ0n) is 32.7. The molecule has 0 atom stereocenters. The summed E-state index contributed by atoms with van der Waals surface area (Å²) in [5, 5.41) is 6.00. The van der Waals surface area contributed by atoms with Crippen molar-refractivity contribution in [2.45, 2.75) is 0 Å². The van der Waals surface area contributed by atoms with Crippen molar-refractivity contribution in [1.29, 1.82) is 0 Å². The van der Waals surface area contributed by atoms with Gasteiger partial charge in [0.1, 0.15) is 0 Å². The van der Waals surface area contributed by atoms with Crippen LogP contribution in [0.1, 0.15) is 0 Å². The van der Waals surface area contributed by atoms with Crippen LogP contribution in [0.3, 0.4) is 0 Å². The second-order valence-corrected chi connectivity index (χ2v) is 15.2. The molecule has 0 aliphatic carbocycles. The Kier molecular flexibility index (Phi) is 8.83. The van der Waals surface area contributed by atoms with Gasteiger partial charge in [0.2, 0.25) is 0 Å². The molecule has 0 N–H and O–H groups in total.